The molecule has 2 aromatic heterocycles. The van der Waals surface area contributed by atoms with E-state index in [4.69, 9.17) is 0 Å². The van der Waals surface area contributed by atoms with Crippen LogP contribution in [0.4, 0.5) is 5.95 Å². The van der Waals surface area contributed by atoms with Crippen molar-refractivity contribution in [2.24, 2.45) is 0 Å². The Balaban J connectivity index is 2.34. The average Bonchev–Trinajstić information content (AvgIpc) is 2.64. The minimum atomic E-state index is 0.659. The predicted molar refractivity (Wildman–Crippen MR) is 60.5 cm³/mol. The predicted octanol–water partition coefficient (Wildman–Crippen LogP) is 3.03. The smallest absolute Gasteiger partial charge is 0.227 e. The Kier molecular flexibility index (Phi) is 2.45. The highest BCUT2D eigenvalue weighted by Crippen LogP contribution is 2.18. The topological polar surface area (TPSA) is 37.8 Å². The van der Waals surface area contributed by atoms with Gasteiger partial charge < -0.3 is 5.32 Å². The van der Waals surface area contributed by atoms with Crippen molar-refractivity contribution in [1.29, 1.82) is 0 Å². The molecule has 2 heterocycles. The quantitative estimate of drug-likeness (QED) is 0.818. The summed E-state index contributed by atoms with van der Waals surface area (Å²) >= 11 is 1.65. The van der Waals surface area contributed by atoms with E-state index in [9.17, 15) is 0 Å². The molecule has 0 saturated carbocycles. The SMILES string of the molecule is C/C=C(\C)Nc1ncc2sccc2n1. The molecule has 1 N–H and O–H groups in total. The number of rotatable bonds is 2. The van der Waals surface area contributed by atoms with E-state index < -0.39 is 0 Å². The second kappa shape index (κ2) is 3.75. The minimum Gasteiger partial charge on any atom is -0.329 e. The number of anilines is 1. The van der Waals surface area contributed by atoms with Crippen LogP contribution in [0.1, 0.15) is 13.8 Å². The summed E-state index contributed by atoms with van der Waals surface area (Å²) in [5.74, 6) is 0.659. The molecule has 0 aromatic carbocycles. The number of aromatic nitrogens is 2. The summed E-state index contributed by atoms with van der Waals surface area (Å²) in [6, 6.07) is 2.00. The number of hydrogen-bond donors (Lipinski definition) is 1. The molecule has 0 bridgehead atoms. The number of nitrogens with zero attached hydrogens (tertiary/aromatic N) is 2. The first kappa shape index (κ1) is 9.15. The van der Waals surface area contributed by atoms with Crippen LogP contribution in [0.5, 0.6) is 0 Å². The lowest BCUT2D eigenvalue weighted by Crippen LogP contribution is -1.99. The van der Waals surface area contributed by atoms with Gasteiger partial charge in [0.2, 0.25) is 5.95 Å². The Bertz CT molecular complexity index is 473. The van der Waals surface area contributed by atoms with Crippen LogP contribution in [0.3, 0.4) is 0 Å². The van der Waals surface area contributed by atoms with E-state index in [2.05, 4.69) is 15.3 Å². The third-order valence-electron chi connectivity index (χ3n) is 1.95. The number of hydrogen-bond acceptors (Lipinski definition) is 4. The highest BCUT2D eigenvalue weighted by molar-refractivity contribution is 7.17. The van der Waals surface area contributed by atoms with Gasteiger partial charge in [0, 0.05) is 5.70 Å². The highest BCUT2D eigenvalue weighted by Gasteiger charge is 1.99. The van der Waals surface area contributed by atoms with Crippen molar-refractivity contribution < 1.29 is 0 Å². The molecule has 0 radical (unpaired) electrons. The second-order valence-corrected chi connectivity index (χ2v) is 3.91. The van der Waals surface area contributed by atoms with Crippen molar-refractivity contribution in [3.8, 4) is 0 Å². The zero-order valence-electron chi connectivity index (χ0n) is 8.11. The van der Waals surface area contributed by atoms with E-state index in [-0.39, 0.29) is 0 Å². The molecular formula is C10H11N3S. The Morgan fingerprint density at radius 1 is 1.57 bits per heavy atom. The van der Waals surface area contributed by atoms with E-state index >= 15 is 0 Å². The summed E-state index contributed by atoms with van der Waals surface area (Å²) < 4.78 is 1.12. The van der Waals surface area contributed by atoms with Gasteiger partial charge in [-0.15, -0.1) is 11.3 Å². The van der Waals surface area contributed by atoms with Crippen molar-refractivity contribution in [1.82, 2.24) is 9.97 Å². The van der Waals surface area contributed by atoms with E-state index in [0.717, 1.165) is 15.9 Å². The van der Waals surface area contributed by atoms with Crippen molar-refractivity contribution >= 4 is 27.5 Å². The first-order valence-electron chi connectivity index (χ1n) is 4.40. The van der Waals surface area contributed by atoms with Crippen LogP contribution in [0.15, 0.2) is 29.4 Å². The summed E-state index contributed by atoms with van der Waals surface area (Å²) in [6.45, 7) is 3.96. The van der Waals surface area contributed by atoms with Gasteiger partial charge in [0.15, 0.2) is 0 Å². The van der Waals surface area contributed by atoms with Crippen LogP contribution in [-0.2, 0) is 0 Å². The minimum absolute atomic E-state index is 0.659. The van der Waals surface area contributed by atoms with Gasteiger partial charge in [0.1, 0.15) is 0 Å². The summed E-state index contributed by atoms with van der Waals surface area (Å²) in [5, 5.41) is 5.14. The monoisotopic (exact) mass is 205 g/mol. The molecule has 72 valence electrons. The zero-order chi connectivity index (χ0) is 9.97. The lowest BCUT2D eigenvalue weighted by atomic mass is 10.4. The highest BCUT2D eigenvalue weighted by atomic mass is 32.1. The van der Waals surface area contributed by atoms with Gasteiger partial charge in [-0.1, -0.05) is 6.08 Å². The van der Waals surface area contributed by atoms with Gasteiger partial charge in [-0.2, -0.15) is 0 Å². The number of thiophene rings is 1. The van der Waals surface area contributed by atoms with Crippen LogP contribution < -0.4 is 5.32 Å². The molecule has 2 aromatic rings. The number of allylic oxidation sites excluding steroid dienone is 2. The fraction of sp³-hybridized carbons (Fsp3) is 0.200. The van der Waals surface area contributed by atoms with Gasteiger partial charge in [0.25, 0.3) is 0 Å². The van der Waals surface area contributed by atoms with Crippen LogP contribution in [-0.4, -0.2) is 9.97 Å². The maximum Gasteiger partial charge on any atom is 0.227 e. The van der Waals surface area contributed by atoms with Crippen molar-refractivity contribution in [3.05, 3.63) is 29.4 Å². The number of nitrogens with one attached hydrogen (secondary N) is 1. The van der Waals surface area contributed by atoms with Crippen LogP contribution in [0.25, 0.3) is 10.2 Å². The standard InChI is InChI=1S/C10H11N3S/c1-3-7(2)12-10-11-6-9-8(13-10)4-5-14-9/h3-6H,1-2H3,(H,11,12,13)/b7-3+. The average molecular weight is 205 g/mol. The second-order valence-electron chi connectivity index (χ2n) is 2.96. The summed E-state index contributed by atoms with van der Waals surface area (Å²) in [6.07, 6.45) is 3.83. The maximum absolute atomic E-state index is 4.37. The molecule has 0 spiro atoms. The Morgan fingerprint density at radius 2 is 2.43 bits per heavy atom. The van der Waals surface area contributed by atoms with Gasteiger partial charge >= 0.3 is 0 Å². The van der Waals surface area contributed by atoms with Gasteiger partial charge in [-0.25, -0.2) is 9.97 Å². The molecule has 4 heteroatoms. The molecule has 0 aliphatic heterocycles. The fourth-order valence-corrected chi connectivity index (χ4v) is 1.77. The van der Waals surface area contributed by atoms with Crippen molar-refractivity contribution in [3.63, 3.8) is 0 Å². The Hall–Kier alpha value is -1.42. The van der Waals surface area contributed by atoms with Gasteiger partial charge in [-0.3, -0.25) is 0 Å². The van der Waals surface area contributed by atoms with Crippen molar-refractivity contribution in [2.45, 2.75) is 13.8 Å². The molecule has 3 nitrogen and oxygen atoms in total. The lowest BCUT2D eigenvalue weighted by molar-refractivity contribution is 1.18. The first-order valence-corrected chi connectivity index (χ1v) is 5.28. The Morgan fingerprint density at radius 3 is 3.21 bits per heavy atom. The molecule has 14 heavy (non-hydrogen) atoms. The van der Waals surface area contributed by atoms with Crippen LogP contribution in [0, 0.1) is 0 Å². The fourth-order valence-electron chi connectivity index (χ4n) is 1.07. The van der Waals surface area contributed by atoms with Crippen molar-refractivity contribution in [2.75, 3.05) is 5.32 Å². The third kappa shape index (κ3) is 1.75. The van der Waals surface area contributed by atoms with E-state index in [0.29, 0.717) is 5.95 Å². The van der Waals surface area contributed by atoms with E-state index in [1.165, 1.54) is 0 Å². The van der Waals surface area contributed by atoms with Gasteiger partial charge in [-0.05, 0) is 25.3 Å². The largest absolute Gasteiger partial charge is 0.329 e. The Labute approximate surface area is 86.5 Å². The summed E-state index contributed by atoms with van der Waals surface area (Å²) in [7, 11) is 0. The molecule has 2 rings (SSSR count). The summed E-state index contributed by atoms with van der Waals surface area (Å²) in [5.41, 5.74) is 2.05. The van der Waals surface area contributed by atoms with Crippen LogP contribution >= 0.6 is 11.3 Å². The first-order chi connectivity index (χ1) is 6.79. The third-order valence-corrected chi connectivity index (χ3v) is 2.79. The molecule has 0 saturated heterocycles. The molecule has 0 amide bonds. The van der Waals surface area contributed by atoms with Gasteiger partial charge in [0.05, 0.1) is 16.4 Å². The maximum atomic E-state index is 4.37. The van der Waals surface area contributed by atoms with E-state index in [1.54, 1.807) is 11.3 Å². The molecule has 0 aliphatic carbocycles. The molecule has 0 atom stereocenters. The summed E-state index contributed by atoms with van der Waals surface area (Å²) in [4.78, 5) is 8.58. The lowest BCUT2D eigenvalue weighted by Gasteiger charge is -2.02. The molecule has 0 fully saturated rings. The zero-order valence-corrected chi connectivity index (χ0v) is 8.93. The molecule has 0 unspecified atom stereocenters. The van der Waals surface area contributed by atoms with E-state index in [1.807, 2.05) is 37.6 Å². The van der Waals surface area contributed by atoms with Crippen LogP contribution in [0.2, 0.25) is 0 Å². The number of fused-ring (bicyclic) bond motifs is 1. The molecular weight excluding hydrogens is 194 g/mol. The normalized spacial score (nSPS) is 12.0. The molecule has 0 aliphatic rings.